The summed E-state index contributed by atoms with van der Waals surface area (Å²) in [7, 11) is 0. The summed E-state index contributed by atoms with van der Waals surface area (Å²) in [6, 6.07) is 5.14. The molecule has 40 heavy (non-hydrogen) atoms. The van der Waals surface area contributed by atoms with Crippen LogP contribution in [0.1, 0.15) is 124 Å². The van der Waals surface area contributed by atoms with Gasteiger partial charge in [0, 0.05) is 0 Å². The van der Waals surface area contributed by atoms with Crippen molar-refractivity contribution in [3.8, 4) is 5.75 Å². The van der Waals surface area contributed by atoms with Crippen LogP contribution < -0.4 is 4.74 Å². The van der Waals surface area contributed by atoms with Crippen molar-refractivity contribution < 1.29 is 41.0 Å². The van der Waals surface area contributed by atoms with Crippen LogP contribution in [0.5, 0.6) is 5.75 Å². The van der Waals surface area contributed by atoms with Crippen molar-refractivity contribution in [1.29, 1.82) is 0 Å². The molecule has 0 saturated heterocycles. The number of unbranched alkanes of at least 4 members (excludes halogenated alkanes) is 14. The van der Waals surface area contributed by atoms with Crippen molar-refractivity contribution in [2.24, 2.45) is 0 Å². The van der Waals surface area contributed by atoms with Crippen molar-refractivity contribution in [1.82, 2.24) is 0 Å². The third-order valence-electron chi connectivity index (χ3n) is 6.71. The second-order valence-corrected chi connectivity index (χ2v) is 9.92. The summed E-state index contributed by atoms with van der Waals surface area (Å²) in [5.41, 5.74) is -0.690. The van der Waals surface area contributed by atoms with Gasteiger partial charge in [-0.3, -0.25) is 0 Å². The van der Waals surface area contributed by atoms with Gasteiger partial charge in [-0.15, -0.1) is 0 Å². The molecule has 0 unspecified atom stereocenters. The fourth-order valence-corrected chi connectivity index (χ4v) is 4.38. The highest BCUT2D eigenvalue weighted by molar-refractivity contribution is 6.03. The van der Waals surface area contributed by atoms with E-state index in [0.717, 1.165) is 25.3 Å². The second-order valence-electron chi connectivity index (χ2n) is 9.92. The van der Waals surface area contributed by atoms with Crippen molar-refractivity contribution in [3.05, 3.63) is 64.5 Å². The minimum absolute atomic E-state index is 0.109. The SMILES string of the molecule is CCCCCCCCCCCCCCCCCOC(=O)c1ccccc1C(=O)Oc1c(F)c(F)c(F)c(F)c1F. The van der Waals surface area contributed by atoms with Crippen LogP contribution in [0.4, 0.5) is 22.0 Å². The summed E-state index contributed by atoms with van der Waals surface area (Å²) in [5.74, 6) is -15.6. The van der Waals surface area contributed by atoms with Gasteiger partial charge < -0.3 is 9.47 Å². The maximum Gasteiger partial charge on any atom is 0.344 e. The van der Waals surface area contributed by atoms with Crippen molar-refractivity contribution >= 4 is 11.9 Å². The number of hydrogen-bond acceptors (Lipinski definition) is 4. The van der Waals surface area contributed by atoms with Crippen LogP contribution in [0.15, 0.2) is 24.3 Å². The van der Waals surface area contributed by atoms with Crippen LogP contribution in [0.25, 0.3) is 0 Å². The molecule has 2 rings (SSSR count). The van der Waals surface area contributed by atoms with E-state index >= 15 is 0 Å². The minimum Gasteiger partial charge on any atom is -0.462 e. The zero-order valence-electron chi connectivity index (χ0n) is 23.1. The predicted molar refractivity (Wildman–Crippen MR) is 143 cm³/mol. The number of esters is 2. The van der Waals surface area contributed by atoms with E-state index in [0.29, 0.717) is 6.42 Å². The third-order valence-corrected chi connectivity index (χ3v) is 6.71. The van der Waals surface area contributed by atoms with Crippen molar-refractivity contribution in [3.63, 3.8) is 0 Å². The number of rotatable bonds is 19. The molecule has 0 radical (unpaired) electrons. The van der Waals surface area contributed by atoms with E-state index in [2.05, 4.69) is 11.7 Å². The van der Waals surface area contributed by atoms with Crippen LogP contribution in [0.3, 0.4) is 0 Å². The summed E-state index contributed by atoms with van der Waals surface area (Å²) in [6.45, 7) is 2.34. The van der Waals surface area contributed by atoms with Gasteiger partial charge in [-0.1, -0.05) is 109 Å². The highest BCUT2D eigenvalue weighted by Gasteiger charge is 2.30. The van der Waals surface area contributed by atoms with Crippen LogP contribution in [-0.2, 0) is 4.74 Å². The quantitative estimate of drug-likeness (QED) is 0.0421. The molecule has 0 spiro atoms. The molecular weight excluding hydrogens is 531 g/mol. The first-order chi connectivity index (χ1) is 19.3. The lowest BCUT2D eigenvalue weighted by Crippen LogP contribution is -2.18. The Balaban J connectivity index is 1.68. The molecule has 0 aliphatic carbocycles. The highest BCUT2D eigenvalue weighted by atomic mass is 19.2. The van der Waals surface area contributed by atoms with Gasteiger partial charge in [0.25, 0.3) is 0 Å². The van der Waals surface area contributed by atoms with Crippen LogP contribution >= 0.6 is 0 Å². The standard InChI is InChI=1S/C31H39F5O4/c1-2-3-4-5-6-7-8-9-10-11-12-13-14-15-18-21-39-30(37)22-19-16-17-20-23(22)31(38)40-29-27(35)25(33)24(32)26(34)28(29)36/h16-17,19-20H,2-15,18,21H2,1H3. The summed E-state index contributed by atoms with van der Waals surface area (Å²) < 4.78 is 77.5. The maximum absolute atomic E-state index is 13.9. The van der Waals surface area contributed by atoms with E-state index in [1.54, 1.807) is 0 Å². The first-order valence-electron chi connectivity index (χ1n) is 14.3. The van der Waals surface area contributed by atoms with E-state index in [1.807, 2.05) is 0 Å². The fourth-order valence-electron chi connectivity index (χ4n) is 4.38. The van der Waals surface area contributed by atoms with Gasteiger partial charge in [0.05, 0.1) is 17.7 Å². The summed E-state index contributed by atoms with van der Waals surface area (Å²) in [6.07, 6.45) is 17.9. The Bertz CT molecular complexity index is 1060. The molecule has 2 aromatic carbocycles. The molecule has 0 aliphatic rings. The number of halogens is 5. The van der Waals surface area contributed by atoms with Gasteiger partial charge >= 0.3 is 11.9 Å². The average molecular weight is 571 g/mol. The normalized spacial score (nSPS) is 11.1. The molecule has 0 aliphatic heterocycles. The summed E-state index contributed by atoms with van der Waals surface area (Å²) >= 11 is 0. The van der Waals surface area contributed by atoms with E-state index in [-0.39, 0.29) is 12.2 Å². The Morgan fingerprint density at radius 3 is 1.38 bits per heavy atom. The fraction of sp³-hybridized carbons (Fsp3) is 0.548. The van der Waals surface area contributed by atoms with Gasteiger partial charge in [0.2, 0.25) is 34.8 Å². The Hall–Kier alpha value is -2.97. The molecule has 0 aromatic heterocycles. The lowest BCUT2D eigenvalue weighted by Gasteiger charge is -2.11. The lowest BCUT2D eigenvalue weighted by molar-refractivity contribution is 0.0489. The lowest BCUT2D eigenvalue weighted by atomic mass is 10.0. The molecule has 0 fully saturated rings. The summed E-state index contributed by atoms with van der Waals surface area (Å²) in [4.78, 5) is 25.0. The molecular formula is C31H39F5O4. The minimum atomic E-state index is -2.38. The molecule has 0 heterocycles. The maximum atomic E-state index is 13.9. The van der Waals surface area contributed by atoms with Crippen molar-refractivity contribution in [2.45, 2.75) is 103 Å². The van der Waals surface area contributed by atoms with Gasteiger partial charge in [0.15, 0.2) is 0 Å². The number of carbonyl (C=O) groups excluding carboxylic acids is 2. The smallest absolute Gasteiger partial charge is 0.344 e. The molecule has 9 heteroatoms. The first kappa shape index (κ1) is 33.2. The van der Waals surface area contributed by atoms with Crippen molar-refractivity contribution in [2.75, 3.05) is 6.61 Å². The highest BCUT2D eigenvalue weighted by Crippen LogP contribution is 2.30. The van der Waals surface area contributed by atoms with Gasteiger partial charge in [-0.25, -0.2) is 22.8 Å². The van der Waals surface area contributed by atoms with Gasteiger partial charge in [-0.2, -0.15) is 8.78 Å². The third kappa shape index (κ3) is 10.5. The molecule has 2 aromatic rings. The Kier molecular flexibility index (Phi) is 15.3. The van der Waals surface area contributed by atoms with E-state index in [1.165, 1.54) is 88.8 Å². The molecule has 0 saturated carbocycles. The number of ether oxygens (including phenoxy) is 2. The van der Waals surface area contributed by atoms with E-state index in [9.17, 15) is 31.5 Å². The number of carbonyl (C=O) groups is 2. The predicted octanol–water partition coefficient (Wildman–Crippen LogP) is 9.63. The monoisotopic (exact) mass is 570 g/mol. The largest absolute Gasteiger partial charge is 0.462 e. The summed E-state index contributed by atoms with van der Waals surface area (Å²) in [5, 5.41) is 0. The molecule has 0 amide bonds. The Labute approximate surface area is 233 Å². The van der Waals surface area contributed by atoms with Crippen LogP contribution in [0, 0.1) is 29.1 Å². The average Bonchev–Trinajstić information content (AvgIpc) is 2.96. The zero-order chi connectivity index (χ0) is 29.3. The molecule has 4 nitrogen and oxygen atoms in total. The topological polar surface area (TPSA) is 52.6 Å². The van der Waals surface area contributed by atoms with Crippen LogP contribution in [0.2, 0.25) is 0 Å². The number of hydrogen-bond donors (Lipinski definition) is 0. The second kappa shape index (κ2) is 18.4. The molecule has 0 N–H and O–H groups in total. The van der Waals surface area contributed by atoms with Gasteiger partial charge in [-0.05, 0) is 18.6 Å². The Morgan fingerprint density at radius 1 is 0.550 bits per heavy atom. The molecule has 222 valence electrons. The molecule has 0 bridgehead atoms. The van der Waals surface area contributed by atoms with Gasteiger partial charge in [0.1, 0.15) is 0 Å². The number of benzene rings is 2. The van der Waals surface area contributed by atoms with E-state index < -0.39 is 52.3 Å². The zero-order valence-corrected chi connectivity index (χ0v) is 23.1. The van der Waals surface area contributed by atoms with E-state index in [4.69, 9.17) is 4.74 Å². The first-order valence-corrected chi connectivity index (χ1v) is 14.3. The van der Waals surface area contributed by atoms with Crippen LogP contribution in [-0.4, -0.2) is 18.5 Å². The molecule has 0 atom stereocenters. The Morgan fingerprint density at radius 2 is 0.925 bits per heavy atom.